The highest BCUT2D eigenvalue weighted by Gasteiger charge is 2.10. The largest absolute Gasteiger partial charge is 0.298 e. The predicted octanol–water partition coefficient (Wildman–Crippen LogP) is 4.19. The van der Waals surface area contributed by atoms with Crippen molar-refractivity contribution in [2.24, 2.45) is 0 Å². The minimum absolute atomic E-state index is 0.236. The number of rotatable bonds is 3. The van der Waals surface area contributed by atoms with Gasteiger partial charge in [0.15, 0.2) is 0 Å². The topological polar surface area (TPSA) is 47.7 Å². The van der Waals surface area contributed by atoms with Crippen LogP contribution in [0.3, 0.4) is 0 Å². The molecular weight excluding hydrogens is 288 g/mol. The summed E-state index contributed by atoms with van der Waals surface area (Å²) in [6.45, 7) is 2.01. The van der Waals surface area contributed by atoms with Crippen molar-refractivity contribution in [1.82, 2.24) is 0 Å². The molecule has 0 aromatic heterocycles. The molecule has 0 aliphatic heterocycles. The Morgan fingerprint density at radius 2 is 1.50 bits per heavy atom. The van der Waals surface area contributed by atoms with Gasteiger partial charge in [0.2, 0.25) is 0 Å². The van der Waals surface area contributed by atoms with Crippen LogP contribution < -0.4 is 0 Å². The van der Waals surface area contributed by atoms with Gasteiger partial charge < -0.3 is 0 Å². The number of halogens is 1. The molecule has 0 radical (unpaired) electrons. The lowest BCUT2D eigenvalue weighted by Gasteiger charge is -2.07. The van der Waals surface area contributed by atoms with E-state index in [2.05, 4.69) is 15.9 Å². The lowest BCUT2D eigenvalue weighted by atomic mass is 9.99. The van der Waals surface area contributed by atoms with Crippen molar-refractivity contribution in [1.29, 1.82) is 10.8 Å². The van der Waals surface area contributed by atoms with Crippen LogP contribution in [-0.2, 0) is 0 Å². The van der Waals surface area contributed by atoms with E-state index in [1.807, 2.05) is 55.5 Å². The molecule has 0 heterocycles. The first-order valence-electron chi connectivity index (χ1n) is 5.58. The first kappa shape index (κ1) is 12.7. The summed E-state index contributed by atoms with van der Waals surface area (Å²) < 4.78 is 0.918. The Kier molecular flexibility index (Phi) is 3.72. The van der Waals surface area contributed by atoms with Crippen LogP contribution in [0.15, 0.2) is 53.0 Å². The third-order valence-electron chi connectivity index (χ3n) is 2.70. The summed E-state index contributed by atoms with van der Waals surface area (Å²) in [4.78, 5) is 0. The summed E-state index contributed by atoms with van der Waals surface area (Å²) >= 11 is 3.38. The molecule has 90 valence electrons. The second kappa shape index (κ2) is 5.27. The first-order valence-corrected chi connectivity index (χ1v) is 6.37. The summed E-state index contributed by atoms with van der Waals surface area (Å²) in [6, 6.07) is 15.1. The Hall–Kier alpha value is -1.74. The normalized spacial score (nSPS) is 10.1. The molecule has 0 fully saturated rings. The molecule has 0 bridgehead atoms. The maximum atomic E-state index is 8.08. The molecule has 0 saturated carbocycles. The molecule has 18 heavy (non-hydrogen) atoms. The highest BCUT2D eigenvalue weighted by Crippen LogP contribution is 2.14. The molecule has 0 amide bonds. The van der Waals surface area contributed by atoms with Gasteiger partial charge in [-0.05, 0) is 19.1 Å². The van der Waals surface area contributed by atoms with Gasteiger partial charge in [0, 0.05) is 15.6 Å². The lowest BCUT2D eigenvalue weighted by molar-refractivity contribution is 1.42. The summed E-state index contributed by atoms with van der Waals surface area (Å²) in [7, 11) is 0. The molecule has 2 rings (SSSR count). The highest BCUT2D eigenvalue weighted by atomic mass is 79.9. The second-order valence-electron chi connectivity index (χ2n) is 4.13. The van der Waals surface area contributed by atoms with Gasteiger partial charge in [-0.15, -0.1) is 0 Å². The van der Waals surface area contributed by atoms with Crippen LogP contribution in [0.4, 0.5) is 0 Å². The smallest absolute Gasteiger partial charge is 0.0868 e. The number of aryl methyl sites for hydroxylation is 1. The maximum Gasteiger partial charge on any atom is 0.0868 e. The van der Waals surface area contributed by atoms with E-state index in [4.69, 9.17) is 10.8 Å². The summed E-state index contributed by atoms with van der Waals surface area (Å²) in [6.07, 6.45) is 0. The number of hydrogen-bond donors (Lipinski definition) is 2. The molecule has 3 heteroatoms. The van der Waals surface area contributed by atoms with Gasteiger partial charge in [0.05, 0.1) is 11.4 Å². The number of hydrogen-bond acceptors (Lipinski definition) is 2. The summed E-state index contributed by atoms with van der Waals surface area (Å²) in [5, 5.41) is 16.2. The predicted molar refractivity (Wildman–Crippen MR) is 79.0 cm³/mol. The fourth-order valence-corrected chi connectivity index (χ4v) is 2.05. The lowest BCUT2D eigenvalue weighted by Crippen LogP contribution is -2.14. The number of nitrogens with one attached hydrogen (secondary N) is 2. The highest BCUT2D eigenvalue weighted by molar-refractivity contribution is 9.10. The Morgan fingerprint density at radius 3 is 2.11 bits per heavy atom. The molecule has 2 aromatic carbocycles. The van der Waals surface area contributed by atoms with E-state index in [-0.39, 0.29) is 11.4 Å². The van der Waals surface area contributed by atoms with Crippen molar-refractivity contribution in [2.75, 3.05) is 0 Å². The average molecular weight is 301 g/mol. The van der Waals surface area contributed by atoms with Crippen molar-refractivity contribution in [3.05, 3.63) is 69.7 Å². The zero-order valence-corrected chi connectivity index (χ0v) is 11.6. The zero-order chi connectivity index (χ0) is 13.1. The third kappa shape index (κ3) is 2.74. The zero-order valence-electron chi connectivity index (χ0n) is 10.00. The van der Waals surface area contributed by atoms with Gasteiger partial charge in [-0.3, -0.25) is 10.8 Å². The fraction of sp³-hybridized carbons (Fsp3) is 0.0667. The monoisotopic (exact) mass is 300 g/mol. The minimum atomic E-state index is 0.236. The van der Waals surface area contributed by atoms with Gasteiger partial charge in [-0.2, -0.15) is 0 Å². The maximum absolute atomic E-state index is 8.08. The summed E-state index contributed by atoms with van der Waals surface area (Å²) in [5.41, 5.74) is 3.15. The van der Waals surface area contributed by atoms with Gasteiger partial charge in [0.25, 0.3) is 0 Å². The van der Waals surface area contributed by atoms with Gasteiger partial charge >= 0.3 is 0 Å². The second-order valence-corrected chi connectivity index (χ2v) is 5.04. The van der Waals surface area contributed by atoms with Crippen LogP contribution in [0.25, 0.3) is 0 Å². The Labute approximate surface area is 115 Å². The summed E-state index contributed by atoms with van der Waals surface area (Å²) in [5.74, 6) is 0. The number of benzene rings is 2. The van der Waals surface area contributed by atoms with E-state index in [9.17, 15) is 0 Å². The molecule has 2 aromatic rings. The van der Waals surface area contributed by atoms with Crippen molar-refractivity contribution < 1.29 is 0 Å². The van der Waals surface area contributed by atoms with E-state index in [1.54, 1.807) is 0 Å². The molecule has 0 unspecified atom stereocenters. The Morgan fingerprint density at radius 1 is 0.889 bits per heavy atom. The molecule has 0 atom stereocenters. The van der Waals surface area contributed by atoms with Crippen LogP contribution in [-0.4, -0.2) is 11.4 Å². The van der Waals surface area contributed by atoms with Gasteiger partial charge in [-0.25, -0.2) is 0 Å². The van der Waals surface area contributed by atoms with E-state index < -0.39 is 0 Å². The van der Waals surface area contributed by atoms with Crippen LogP contribution in [0, 0.1) is 17.7 Å². The Bertz CT molecular complexity index is 600. The van der Waals surface area contributed by atoms with Crippen molar-refractivity contribution in [2.45, 2.75) is 6.92 Å². The first-order chi connectivity index (χ1) is 8.58. The standard InChI is InChI=1S/C15H13BrN2/c1-10-5-7-11(8-6-10)14(17)15(18)12-3-2-4-13(16)9-12/h2-9,17-18H,1H3. The Balaban J connectivity index is 2.29. The van der Waals surface area contributed by atoms with Crippen LogP contribution in [0.1, 0.15) is 16.7 Å². The molecule has 2 N–H and O–H groups in total. The van der Waals surface area contributed by atoms with E-state index in [0.29, 0.717) is 0 Å². The van der Waals surface area contributed by atoms with Gasteiger partial charge in [0.1, 0.15) is 0 Å². The minimum Gasteiger partial charge on any atom is -0.298 e. The molecule has 0 saturated heterocycles. The van der Waals surface area contributed by atoms with Gasteiger partial charge in [-0.1, -0.05) is 57.9 Å². The van der Waals surface area contributed by atoms with Crippen LogP contribution >= 0.6 is 15.9 Å². The SMILES string of the molecule is Cc1ccc(C(=N)C(=N)c2cccc(Br)c2)cc1. The van der Waals surface area contributed by atoms with Crippen molar-refractivity contribution in [3.8, 4) is 0 Å². The van der Waals surface area contributed by atoms with E-state index in [0.717, 1.165) is 21.2 Å². The van der Waals surface area contributed by atoms with Crippen molar-refractivity contribution >= 4 is 27.4 Å². The molecule has 0 spiro atoms. The average Bonchev–Trinajstić information content (AvgIpc) is 2.38. The van der Waals surface area contributed by atoms with E-state index in [1.165, 1.54) is 0 Å². The quantitative estimate of drug-likeness (QED) is 0.799. The van der Waals surface area contributed by atoms with Crippen LogP contribution in [0.5, 0.6) is 0 Å². The molecule has 0 aliphatic carbocycles. The molecule has 0 aliphatic rings. The molecule has 2 nitrogen and oxygen atoms in total. The molecular formula is C15H13BrN2. The third-order valence-corrected chi connectivity index (χ3v) is 3.20. The van der Waals surface area contributed by atoms with Crippen LogP contribution in [0.2, 0.25) is 0 Å². The van der Waals surface area contributed by atoms with E-state index >= 15 is 0 Å². The van der Waals surface area contributed by atoms with Crippen molar-refractivity contribution in [3.63, 3.8) is 0 Å². The fourth-order valence-electron chi connectivity index (χ4n) is 1.65.